The van der Waals surface area contributed by atoms with Crippen LogP contribution in [0.15, 0.2) is 36.4 Å². The Morgan fingerprint density at radius 2 is 1.97 bits per heavy atom. The van der Waals surface area contributed by atoms with E-state index in [1.54, 1.807) is 0 Å². The predicted octanol–water partition coefficient (Wildman–Crippen LogP) is 4.08. The van der Waals surface area contributed by atoms with Gasteiger partial charge in [0.05, 0.1) is 12.1 Å². The zero-order valence-electron chi connectivity index (χ0n) is 16.8. The normalized spacial score (nSPS) is 14.5. The van der Waals surface area contributed by atoms with Gasteiger partial charge in [-0.05, 0) is 62.2 Å². The molecule has 0 saturated carbocycles. The molecular weight excluding hydrogens is 368 g/mol. The third-order valence-corrected chi connectivity index (χ3v) is 5.14. The Hall–Kier alpha value is -3.22. The molecule has 2 heterocycles. The summed E-state index contributed by atoms with van der Waals surface area (Å²) in [5.41, 5.74) is 4.81. The molecule has 7 heteroatoms. The zero-order chi connectivity index (χ0) is 20.2. The molecule has 1 aliphatic rings. The average molecular weight is 394 g/mol. The topological polar surface area (TPSA) is 79.5 Å². The number of aromatic amines is 1. The number of hydrogen-bond donors (Lipinski definition) is 2. The number of benzene rings is 2. The van der Waals surface area contributed by atoms with Crippen LogP contribution in [0.3, 0.4) is 0 Å². The maximum atomic E-state index is 12.0. The van der Waals surface area contributed by atoms with Crippen molar-refractivity contribution in [2.75, 3.05) is 31.1 Å². The minimum Gasteiger partial charge on any atom is -0.494 e. The number of nitrogens with zero attached hydrogens (tertiary/aromatic N) is 2. The number of cyclic esters (lactones) is 1. The number of rotatable bonds is 3. The Labute approximate surface area is 170 Å². The summed E-state index contributed by atoms with van der Waals surface area (Å²) < 4.78 is 11.3. The maximum Gasteiger partial charge on any atom is 0.407 e. The first-order valence-electron chi connectivity index (χ1n) is 10.1. The van der Waals surface area contributed by atoms with Gasteiger partial charge in [0.15, 0.2) is 0 Å². The fourth-order valence-electron chi connectivity index (χ4n) is 3.62. The number of ether oxygens (including phenoxy) is 2. The summed E-state index contributed by atoms with van der Waals surface area (Å²) in [4.78, 5) is 14.3. The van der Waals surface area contributed by atoms with Gasteiger partial charge in [-0.3, -0.25) is 5.10 Å². The Kier molecular flexibility index (Phi) is 5.55. The van der Waals surface area contributed by atoms with Gasteiger partial charge in [-0.25, -0.2) is 4.79 Å². The van der Waals surface area contributed by atoms with Gasteiger partial charge in [-0.1, -0.05) is 0 Å². The Morgan fingerprint density at radius 3 is 2.79 bits per heavy atom. The van der Waals surface area contributed by atoms with Gasteiger partial charge in [-0.2, -0.15) is 5.10 Å². The van der Waals surface area contributed by atoms with E-state index in [2.05, 4.69) is 46.4 Å². The second-order valence-corrected chi connectivity index (χ2v) is 7.04. The molecule has 2 aromatic carbocycles. The standard InChI is InChI=1S/C22H26N4O3/c1-3-26(4-2)17-11-15-10-16(12-17)21-19-13-18(6-7-20(19)24-25-21)28-9-5-8-23-22(27)29-14-15/h6-7,10-13H,3-5,8-9,14H2,1-2H3,(H,23,27)(H,24,25). The zero-order valence-corrected chi connectivity index (χ0v) is 16.8. The Balaban J connectivity index is 1.84. The predicted molar refractivity (Wildman–Crippen MR) is 113 cm³/mol. The minimum absolute atomic E-state index is 0.206. The van der Waals surface area contributed by atoms with Crippen molar-refractivity contribution < 1.29 is 14.3 Å². The number of H-pyrrole nitrogens is 1. The number of fused-ring (bicyclic) bond motifs is 4. The lowest BCUT2D eigenvalue weighted by molar-refractivity contribution is 0.139. The molecule has 3 aromatic rings. The van der Waals surface area contributed by atoms with Crippen molar-refractivity contribution in [2.24, 2.45) is 0 Å². The molecule has 1 amide bonds. The van der Waals surface area contributed by atoms with Gasteiger partial charge >= 0.3 is 6.09 Å². The van der Waals surface area contributed by atoms with Crippen molar-refractivity contribution in [3.8, 4) is 17.0 Å². The summed E-state index contributed by atoms with van der Waals surface area (Å²) in [6.45, 7) is 7.26. The Morgan fingerprint density at radius 1 is 1.10 bits per heavy atom. The van der Waals surface area contributed by atoms with Crippen LogP contribution in [0.25, 0.3) is 22.2 Å². The first-order valence-corrected chi connectivity index (χ1v) is 10.1. The van der Waals surface area contributed by atoms with E-state index in [1.165, 1.54) is 0 Å². The van der Waals surface area contributed by atoms with E-state index < -0.39 is 6.09 Å². The third-order valence-electron chi connectivity index (χ3n) is 5.14. The van der Waals surface area contributed by atoms with E-state index in [4.69, 9.17) is 9.47 Å². The highest BCUT2D eigenvalue weighted by Gasteiger charge is 2.15. The molecule has 4 rings (SSSR count). The fourth-order valence-corrected chi connectivity index (χ4v) is 3.62. The summed E-state index contributed by atoms with van der Waals surface area (Å²) in [6, 6.07) is 12.2. The van der Waals surface area contributed by atoms with Gasteiger partial charge in [0.2, 0.25) is 0 Å². The van der Waals surface area contributed by atoms with Crippen LogP contribution >= 0.6 is 0 Å². The smallest absolute Gasteiger partial charge is 0.407 e. The number of anilines is 1. The summed E-state index contributed by atoms with van der Waals surface area (Å²) in [5.74, 6) is 0.790. The molecule has 0 aliphatic carbocycles. The van der Waals surface area contributed by atoms with Gasteiger partial charge in [0.1, 0.15) is 18.1 Å². The van der Waals surface area contributed by atoms with E-state index in [1.807, 2.05) is 24.3 Å². The molecule has 4 bridgehead atoms. The van der Waals surface area contributed by atoms with Gasteiger partial charge < -0.3 is 19.7 Å². The number of nitrogens with one attached hydrogen (secondary N) is 2. The van der Waals surface area contributed by atoms with Crippen molar-refractivity contribution in [2.45, 2.75) is 26.9 Å². The lowest BCUT2D eigenvalue weighted by Crippen LogP contribution is -2.26. The SMILES string of the molecule is CCN(CC)c1cc2cc(c1)-c1n[nH]c3ccc(cc13)OCCCNC(=O)OC2. The first kappa shape index (κ1) is 19.1. The van der Waals surface area contributed by atoms with Crippen LogP contribution in [-0.2, 0) is 11.3 Å². The number of carbonyl (C=O) groups is 1. The number of aromatic nitrogens is 2. The molecule has 1 aliphatic heterocycles. The van der Waals surface area contributed by atoms with Gasteiger partial charge in [0.25, 0.3) is 0 Å². The molecule has 2 N–H and O–H groups in total. The molecule has 29 heavy (non-hydrogen) atoms. The summed E-state index contributed by atoms with van der Waals surface area (Å²) in [7, 11) is 0. The lowest BCUT2D eigenvalue weighted by Gasteiger charge is -2.22. The van der Waals surface area contributed by atoms with Gasteiger partial charge in [-0.15, -0.1) is 0 Å². The maximum absolute atomic E-state index is 12.0. The number of amides is 1. The van der Waals surface area contributed by atoms with Crippen LogP contribution in [-0.4, -0.2) is 42.5 Å². The van der Waals surface area contributed by atoms with Crippen molar-refractivity contribution in [1.29, 1.82) is 0 Å². The van der Waals surface area contributed by atoms with Crippen molar-refractivity contribution in [3.05, 3.63) is 42.0 Å². The van der Waals surface area contributed by atoms with E-state index in [9.17, 15) is 4.79 Å². The molecule has 0 spiro atoms. The van der Waals surface area contributed by atoms with Crippen LogP contribution in [0, 0.1) is 0 Å². The van der Waals surface area contributed by atoms with Crippen molar-refractivity contribution in [1.82, 2.24) is 15.5 Å². The number of carbonyl (C=O) groups excluding carboxylic acids is 1. The third kappa shape index (κ3) is 4.13. The first-order chi connectivity index (χ1) is 14.2. The van der Waals surface area contributed by atoms with Crippen LogP contribution in [0.4, 0.5) is 10.5 Å². The lowest BCUT2D eigenvalue weighted by atomic mass is 10.0. The van der Waals surface area contributed by atoms with E-state index >= 15 is 0 Å². The molecule has 1 aromatic heterocycles. The van der Waals surface area contributed by atoms with Crippen LogP contribution in [0.2, 0.25) is 0 Å². The summed E-state index contributed by atoms with van der Waals surface area (Å²) >= 11 is 0. The fraction of sp³-hybridized carbons (Fsp3) is 0.364. The number of hydrogen-bond acceptors (Lipinski definition) is 5. The minimum atomic E-state index is -0.419. The molecule has 152 valence electrons. The van der Waals surface area contributed by atoms with E-state index in [-0.39, 0.29) is 6.61 Å². The number of alkyl carbamates (subject to hydrolysis) is 1. The highest BCUT2D eigenvalue weighted by atomic mass is 16.5. The van der Waals surface area contributed by atoms with Crippen molar-refractivity contribution >= 4 is 22.7 Å². The van der Waals surface area contributed by atoms with E-state index in [0.717, 1.165) is 52.3 Å². The highest BCUT2D eigenvalue weighted by molar-refractivity contribution is 5.94. The van der Waals surface area contributed by atoms with Crippen LogP contribution in [0.1, 0.15) is 25.8 Å². The molecule has 0 radical (unpaired) electrons. The summed E-state index contributed by atoms with van der Waals surface area (Å²) in [6.07, 6.45) is 0.281. The Bertz CT molecular complexity index is 1010. The van der Waals surface area contributed by atoms with Crippen LogP contribution in [0.5, 0.6) is 5.75 Å². The molecular formula is C22H26N4O3. The molecule has 0 saturated heterocycles. The van der Waals surface area contributed by atoms with Crippen molar-refractivity contribution in [3.63, 3.8) is 0 Å². The molecule has 0 atom stereocenters. The second kappa shape index (κ2) is 8.43. The molecule has 0 fully saturated rings. The highest BCUT2D eigenvalue weighted by Crippen LogP contribution is 2.33. The van der Waals surface area contributed by atoms with Crippen LogP contribution < -0.4 is 15.0 Å². The molecule has 7 nitrogen and oxygen atoms in total. The average Bonchev–Trinajstić information content (AvgIpc) is 3.15. The summed E-state index contributed by atoms with van der Waals surface area (Å²) in [5, 5.41) is 11.5. The largest absolute Gasteiger partial charge is 0.494 e. The monoisotopic (exact) mass is 394 g/mol. The van der Waals surface area contributed by atoms with Gasteiger partial charge in [0, 0.05) is 36.3 Å². The van der Waals surface area contributed by atoms with E-state index in [0.29, 0.717) is 19.6 Å². The molecule has 0 unspecified atom stereocenters. The second-order valence-electron chi connectivity index (χ2n) is 7.04. The quantitative estimate of drug-likeness (QED) is 0.700.